The summed E-state index contributed by atoms with van der Waals surface area (Å²) in [6, 6.07) is 0.793. The van der Waals surface area contributed by atoms with Gasteiger partial charge in [-0.25, -0.2) is 4.98 Å². The van der Waals surface area contributed by atoms with Gasteiger partial charge in [0.25, 0.3) is 0 Å². The minimum absolute atomic E-state index is 0.177. The van der Waals surface area contributed by atoms with E-state index in [2.05, 4.69) is 17.1 Å². The molecule has 1 aromatic heterocycles. The maximum atomic E-state index is 5.09. The molecule has 4 heteroatoms. The molecule has 116 valence electrons. The Bertz CT molecular complexity index is 491. The van der Waals surface area contributed by atoms with E-state index in [1.807, 2.05) is 11.3 Å². The molecule has 2 unspecified atom stereocenters. The van der Waals surface area contributed by atoms with E-state index in [1.165, 1.54) is 75.2 Å². The van der Waals surface area contributed by atoms with Crippen LogP contribution in [-0.2, 0) is 18.4 Å². The van der Waals surface area contributed by atoms with Gasteiger partial charge in [0.05, 0.1) is 11.2 Å². The minimum atomic E-state index is 0.177. The summed E-state index contributed by atoms with van der Waals surface area (Å²) in [5, 5.41) is 5.33. The highest BCUT2D eigenvalue weighted by molar-refractivity contribution is 7.12. The second kappa shape index (κ2) is 5.64. The Hall–Kier alpha value is -0.450. The monoisotopic (exact) mass is 305 g/mol. The van der Waals surface area contributed by atoms with Crippen molar-refractivity contribution < 1.29 is 0 Å². The van der Waals surface area contributed by atoms with Crippen molar-refractivity contribution in [2.75, 3.05) is 19.6 Å². The third-order valence-corrected chi connectivity index (χ3v) is 6.99. The van der Waals surface area contributed by atoms with Crippen molar-refractivity contribution in [3.8, 4) is 0 Å². The largest absolute Gasteiger partial charge is 0.305 e. The normalized spacial score (nSPS) is 32.3. The fourth-order valence-electron chi connectivity index (χ4n) is 4.45. The highest BCUT2D eigenvalue weighted by atomic mass is 32.1. The van der Waals surface area contributed by atoms with Gasteiger partial charge in [0.1, 0.15) is 5.01 Å². The van der Waals surface area contributed by atoms with E-state index < -0.39 is 0 Å². The summed E-state index contributed by atoms with van der Waals surface area (Å²) in [5.74, 6) is 0. The Balaban J connectivity index is 1.63. The van der Waals surface area contributed by atoms with Crippen LogP contribution in [0.4, 0.5) is 0 Å². The van der Waals surface area contributed by atoms with E-state index in [4.69, 9.17) is 4.98 Å². The first-order chi connectivity index (χ1) is 10.3. The lowest BCUT2D eigenvalue weighted by Crippen LogP contribution is -2.53. The molecule has 2 atom stereocenters. The molecule has 0 saturated carbocycles. The lowest BCUT2D eigenvalue weighted by atomic mass is 9.83. The van der Waals surface area contributed by atoms with Crippen molar-refractivity contribution in [1.82, 2.24) is 15.2 Å². The lowest BCUT2D eigenvalue weighted by molar-refractivity contribution is 0.105. The number of thiazole rings is 1. The van der Waals surface area contributed by atoms with Crippen LogP contribution in [0.3, 0.4) is 0 Å². The molecule has 0 amide bonds. The first-order valence-corrected chi connectivity index (χ1v) is 9.60. The third-order valence-electron chi connectivity index (χ3n) is 5.63. The molecule has 1 N–H and O–H groups in total. The van der Waals surface area contributed by atoms with Crippen molar-refractivity contribution in [2.24, 2.45) is 0 Å². The number of nitrogens with zero attached hydrogens (tertiary/aromatic N) is 2. The molecule has 2 aliphatic heterocycles. The van der Waals surface area contributed by atoms with Crippen LogP contribution in [0.5, 0.6) is 0 Å². The molecule has 0 bridgehead atoms. The van der Waals surface area contributed by atoms with Crippen molar-refractivity contribution in [1.29, 1.82) is 0 Å². The second-order valence-corrected chi connectivity index (χ2v) is 8.12. The molecule has 1 aliphatic carbocycles. The standard InChI is InChI=1S/C17H27N3S/c1-2-9-18-17(8-11-20-10-4-5-13(20)12-17)16-19-14-6-3-7-15(14)21-16/h13,18H,2-12H2,1H3. The van der Waals surface area contributed by atoms with Crippen molar-refractivity contribution in [3.05, 3.63) is 15.6 Å². The van der Waals surface area contributed by atoms with Crippen molar-refractivity contribution in [2.45, 2.75) is 69.9 Å². The number of hydrogen-bond acceptors (Lipinski definition) is 4. The Morgan fingerprint density at radius 1 is 1.33 bits per heavy atom. The zero-order chi connectivity index (χ0) is 14.3. The average Bonchev–Trinajstić information content (AvgIpc) is 3.18. The number of rotatable bonds is 4. The van der Waals surface area contributed by atoms with Gasteiger partial charge in [-0.05, 0) is 64.5 Å². The van der Waals surface area contributed by atoms with E-state index in [-0.39, 0.29) is 5.54 Å². The van der Waals surface area contributed by atoms with Crippen LogP contribution in [0, 0.1) is 0 Å². The van der Waals surface area contributed by atoms with Crippen LogP contribution in [0.25, 0.3) is 0 Å². The SMILES string of the molecule is CCCNC1(c2nc3c(s2)CCC3)CCN2CCCC2C1. The summed E-state index contributed by atoms with van der Waals surface area (Å²) in [4.78, 5) is 9.39. The molecule has 0 aromatic carbocycles. The quantitative estimate of drug-likeness (QED) is 0.926. The third kappa shape index (κ3) is 2.45. The Morgan fingerprint density at radius 2 is 2.29 bits per heavy atom. The minimum Gasteiger partial charge on any atom is -0.305 e. The Morgan fingerprint density at radius 3 is 3.14 bits per heavy atom. The highest BCUT2D eigenvalue weighted by Crippen LogP contribution is 2.43. The highest BCUT2D eigenvalue weighted by Gasteiger charge is 2.44. The van der Waals surface area contributed by atoms with E-state index in [0.29, 0.717) is 0 Å². The van der Waals surface area contributed by atoms with Crippen LogP contribution in [0.15, 0.2) is 0 Å². The maximum Gasteiger partial charge on any atom is 0.113 e. The molecular formula is C17H27N3S. The predicted octanol–water partition coefficient (Wildman–Crippen LogP) is 3.08. The Labute approximate surface area is 132 Å². The topological polar surface area (TPSA) is 28.2 Å². The first kappa shape index (κ1) is 14.2. The van der Waals surface area contributed by atoms with Gasteiger partial charge in [-0.2, -0.15) is 0 Å². The molecule has 0 spiro atoms. The number of piperidine rings is 1. The fourth-order valence-corrected chi connectivity index (χ4v) is 5.80. The molecule has 2 saturated heterocycles. The van der Waals surface area contributed by atoms with Gasteiger partial charge < -0.3 is 10.2 Å². The molecule has 2 fully saturated rings. The molecule has 1 aromatic rings. The smallest absolute Gasteiger partial charge is 0.113 e. The van der Waals surface area contributed by atoms with Gasteiger partial charge in [0.15, 0.2) is 0 Å². The van der Waals surface area contributed by atoms with Gasteiger partial charge in [-0.15, -0.1) is 11.3 Å². The summed E-state index contributed by atoms with van der Waals surface area (Å²) >= 11 is 2.02. The molecule has 21 heavy (non-hydrogen) atoms. The summed E-state index contributed by atoms with van der Waals surface area (Å²) in [6.07, 6.45) is 10.3. The lowest BCUT2D eigenvalue weighted by Gasteiger charge is -2.43. The molecule has 4 rings (SSSR count). The predicted molar refractivity (Wildman–Crippen MR) is 87.9 cm³/mol. The number of nitrogens with one attached hydrogen (secondary N) is 1. The van der Waals surface area contributed by atoms with Crippen LogP contribution in [0.1, 0.15) is 61.0 Å². The van der Waals surface area contributed by atoms with Gasteiger partial charge in [0.2, 0.25) is 0 Å². The van der Waals surface area contributed by atoms with E-state index in [1.54, 1.807) is 4.88 Å². The van der Waals surface area contributed by atoms with Crippen molar-refractivity contribution in [3.63, 3.8) is 0 Å². The van der Waals surface area contributed by atoms with E-state index in [9.17, 15) is 0 Å². The number of aromatic nitrogens is 1. The summed E-state index contributed by atoms with van der Waals surface area (Å²) < 4.78 is 0. The number of aryl methyl sites for hydroxylation is 2. The van der Waals surface area contributed by atoms with Gasteiger partial charge in [-0.1, -0.05) is 6.92 Å². The van der Waals surface area contributed by atoms with E-state index >= 15 is 0 Å². The van der Waals surface area contributed by atoms with Gasteiger partial charge in [-0.3, -0.25) is 0 Å². The maximum absolute atomic E-state index is 5.09. The molecule has 3 heterocycles. The van der Waals surface area contributed by atoms with Crippen LogP contribution in [-0.4, -0.2) is 35.6 Å². The average molecular weight is 305 g/mol. The first-order valence-electron chi connectivity index (χ1n) is 8.79. The second-order valence-electron chi connectivity index (χ2n) is 7.04. The zero-order valence-corrected chi connectivity index (χ0v) is 14.0. The zero-order valence-electron chi connectivity index (χ0n) is 13.2. The molecule has 0 radical (unpaired) electrons. The summed E-state index contributed by atoms with van der Waals surface area (Å²) in [5.41, 5.74) is 1.60. The van der Waals surface area contributed by atoms with Crippen LogP contribution < -0.4 is 5.32 Å². The van der Waals surface area contributed by atoms with Gasteiger partial charge >= 0.3 is 0 Å². The van der Waals surface area contributed by atoms with Gasteiger partial charge in [0, 0.05) is 17.5 Å². The van der Waals surface area contributed by atoms with Crippen LogP contribution in [0.2, 0.25) is 0 Å². The van der Waals surface area contributed by atoms with E-state index in [0.717, 1.165) is 12.6 Å². The number of hydrogen-bond donors (Lipinski definition) is 1. The molecular weight excluding hydrogens is 278 g/mol. The van der Waals surface area contributed by atoms with Crippen LogP contribution >= 0.6 is 11.3 Å². The molecule has 3 aliphatic rings. The summed E-state index contributed by atoms with van der Waals surface area (Å²) in [7, 11) is 0. The molecule has 3 nitrogen and oxygen atoms in total. The van der Waals surface area contributed by atoms with Crippen molar-refractivity contribution >= 4 is 11.3 Å². The summed E-state index contributed by atoms with van der Waals surface area (Å²) in [6.45, 7) is 5.97. The number of fused-ring (bicyclic) bond motifs is 2. The Kier molecular flexibility index (Phi) is 3.80. The fraction of sp³-hybridized carbons (Fsp3) is 0.824.